The van der Waals surface area contributed by atoms with E-state index in [0.29, 0.717) is 40.5 Å². The molecule has 1 aliphatic carbocycles. The van der Waals surface area contributed by atoms with Crippen molar-refractivity contribution in [1.29, 1.82) is 0 Å². The Bertz CT molecular complexity index is 966. The van der Waals surface area contributed by atoms with Crippen LogP contribution in [-0.4, -0.2) is 56.6 Å². The Labute approximate surface area is 182 Å². The van der Waals surface area contributed by atoms with Gasteiger partial charge in [0.15, 0.2) is 5.82 Å². The maximum absolute atomic E-state index is 15.1. The van der Waals surface area contributed by atoms with Crippen molar-refractivity contribution in [3.8, 4) is 0 Å². The van der Waals surface area contributed by atoms with Gasteiger partial charge in [-0.2, -0.15) is 4.98 Å². The van der Waals surface area contributed by atoms with Crippen LogP contribution in [0.1, 0.15) is 37.2 Å². The maximum Gasteiger partial charge on any atom is 0.227 e. The highest BCUT2D eigenvalue weighted by Crippen LogP contribution is 2.45. The number of hydrogen-bond donors (Lipinski definition) is 1. The van der Waals surface area contributed by atoms with Crippen LogP contribution in [0.15, 0.2) is 35.4 Å². The first-order valence-corrected chi connectivity index (χ1v) is 12.0. The number of alkyl halides is 1. The lowest BCUT2D eigenvalue weighted by Gasteiger charge is -2.47. The van der Waals surface area contributed by atoms with Gasteiger partial charge in [-0.15, -0.1) is 0 Å². The number of aromatic nitrogens is 2. The second kappa shape index (κ2) is 7.73. The molecule has 0 radical (unpaired) electrons. The number of benzene rings is 1. The normalized spacial score (nSPS) is 27.6. The fourth-order valence-corrected chi connectivity index (χ4v) is 6.16. The molecule has 3 aliphatic rings. The third-order valence-electron chi connectivity index (χ3n) is 6.74. The molecule has 5 rings (SSSR count). The van der Waals surface area contributed by atoms with E-state index in [1.165, 1.54) is 0 Å². The molecule has 3 atom stereocenters. The predicted molar refractivity (Wildman–Crippen MR) is 115 cm³/mol. The van der Waals surface area contributed by atoms with E-state index >= 15 is 4.39 Å². The Morgan fingerprint density at radius 2 is 2.07 bits per heavy atom. The summed E-state index contributed by atoms with van der Waals surface area (Å²) in [7, 11) is -1.21. The Hall–Kier alpha value is -1.77. The quantitative estimate of drug-likeness (QED) is 0.771. The fourth-order valence-electron chi connectivity index (χ4n) is 4.74. The molecule has 160 valence electrons. The molecule has 2 aliphatic heterocycles. The summed E-state index contributed by atoms with van der Waals surface area (Å²) < 4.78 is 27.6. The monoisotopic (exact) mass is 450 g/mol. The van der Waals surface area contributed by atoms with E-state index in [4.69, 9.17) is 16.6 Å². The summed E-state index contributed by atoms with van der Waals surface area (Å²) in [5, 5.41) is 10.6. The molecular weight excluding hydrogens is 427 g/mol. The summed E-state index contributed by atoms with van der Waals surface area (Å²) in [6.45, 7) is 0.864. The van der Waals surface area contributed by atoms with Crippen molar-refractivity contribution in [2.45, 2.75) is 48.2 Å². The number of aliphatic hydroxyl groups is 1. The smallest absolute Gasteiger partial charge is 0.227 e. The van der Waals surface area contributed by atoms with Crippen molar-refractivity contribution in [2.75, 3.05) is 35.4 Å². The van der Waals surface area contributed by atoms with Crippen molar-refractivity contribution in [3.05, 3.63) is 41.0 Å². The molecule has 3 heterocycles. The molecule has 1 N–H and O–H groups in total. The molecule has 30 heavy (non-hydrogen) atoms. The zero-order valence-electron chi connectivity index (χ0n) is 16.5. The molecule has 1 saturated carbocycles. The van der Waals surface area contributed by atoms with Gasteiger partial charge in [0, 0.05) is 17.5 Å². The summed E-state index contributed by atoms with van der Waals surface area (Å²) in [6.07, 6.45) is 3.98. The zero-order valence-corrected chi connectivity index (χ0v) is 18.1. The number of hydrogen-bond acceptors (Lipinski definition) is 6. The SMILES string of the molecule is O=[S@]1CN(C2(CO)CCC2)c2nc(N3CCC(c4ccc(Cl)cc4)C(F)C3)ncc21. The lowest BCUT2D eigenvalue weighted by Crippen LogP contribution is -2.56. The standard InChI is InChI=1S/C21H24ClFN4O2S/c22-15-4-2-14(3-5-15)16-6-9-26(11-17(16)23)20-24-10-18-19(25-20)27(13-30(18)29)21(12-28)7-1-8-21/h2-5,10,16-17,28H,1,6-9,11-13H2/t16?,17?,30-/m0/s1. The van der Waals surface area contributed by atoms with Crippen molar-refractivity contribution in [3.63, 3.8) is 0 Å². The van der Waals surface area contributed by atoms with Crippen molar-refractivity contribution in [2.24, 2.45) is 0 Å². The minimum absolute atomic E-state index is 0.0159. The molecule has 1 saturated heterocycles. The minimum Gasteiger partial charge on any atom is -0.394 e. The van der Waals surface area contributed by atoms with Crippen LogP contribution in [-0.2, 0) is 10.8 Å². The number of piperidine rings is 1. The molecule has 9 heteroatoms. The number of nitrogens with zero attached hydrogens (tertiary/aromatic N) is 4. The van der Waals surface area contributed by atoms with Crippen molar-refractivity contribution < 1.29 is 13.7 Å². The molecule has 2 aromatic rings. The van der Waals surface area contributed by atoms with Gasteiger partial charge < -0.3 is 14.9 Å². The second-order valence-electron chi connectivity index (χ2n) is 8.41. The van der Waals surface area contributed by atoms with Gasteiger partial charge in [-0.1, -0.05) is 23.7 Å². The van der Waals surface area contributed by atoms with Crippen LogP contribution in [0, 0.1) is 0 Å². The number of halogens is 2. The van der Waals surface area contributed by atoms with Gasteiger partial charge in [-0.05, 0) is 43.4 Å². The van der Waals surface area contributed by atoms with Crippen LogP contribution < -0.4 is 9.80 Å². The van der Waals surface area contributed by atoms with Crippen LogP contribution in [0.3, 0.4) is 0 Å². The minimum atomic E-state index is -1.21. The molecule has 0 bridgehead atoms. The van der Waals surface area contributed by atoms with Crippen LogP contribution in [0.5, 0.6) is 0 Å². The largest absolute Gasteiger partial charge is 0.394 e. The Kier molecular flexibility index (Phi) is 5.19. The highest BCUT2D eigenvalue weighted by Gasteiger charge is 2.47. The van der Waals surface area contributed by atoms with E-state index in [9.17, 15) is 9.32 Å². The number of aliphatic hydroxyl groups excluding tert-OH is 1. The van der Waals surface area contributed by atoms with Gasteiger partial charge >= 0.3 is 0 Å². The molecule has 0 amide bonds. The summed E-state index contributed by atoms with van der Waals surface area (Å²) in [5.74, 6) is 1.24. The second-order valence-corrected chi connectivity index (χ2v) is 10.2. The van der Waals surface area contributed by atoms with Gasteiger partial charge in [-0.25, -0.2) is 9.37 Å². The first-order valence-electron chi connectivity index (χ1n) is 10.3. The van der Waals surface area contributed by atoms with E-state index in [-0.39, 0.29) is 24.6 Å². The van der Waals surface area contributed by atoms with E-state index in [1.54, 1.807) is 18.3 Å². The Morgan fingerprint density at radius 1 is 1.30 bits per heavy atom. The predicted octanol–water partition coefficient (Wildman–Crippen LogP) is 3.26. The first-order chi connectivity index (χ1) is 14.5. The first kappa shape index (κ1) is 20.2. The van der Waals surface area contributed by atoms with Crippen molar-refractivity contribution >= 4 is 34.2 Å². The number of anilines is 2. The van der Waals surface area contributed by atoms with Crippen LogP contribution in [0.4, 0.5) is 16.2 Å². The summed E-state index contributed by atoms with van der Waals surface area (Å²) >= 11 is 5.96. The highest BCUT2D eigenvalue weighted by molar-refractivity contribution is 7.85. The average molecular weight is 451 g/mol. The summed E-state index contributed by atoms with van der Waals surface area (Å²) in [6, 6.07) is 7.38. The van der Waals surface area contributed by atoms with E-state index in [0.717, 1.165) is 24.8 Å². The van der Waals surface area contributed by atoms with Crippen LogP contribution >= 0.6 is 11.6 Å². The lowest BCUT2D eigenvalue weighted by molar-refractivity contribution is 0.119. The van der Waals surface area contributed by atoms with Gasteiger partial charge in [-0.3, -0.25) is 4.21 Å². The molecule has 1 aromatic carbocycles. The van der Waals surface area contributed by atoms with E-state index < -0.39 is 17.0 Å². The fraction of sp³-hybridized carbons (Fsp3) is 0.524. The van der Waals surface area contributed by atoms with Crippen LogP contribution in [0.25, 0.3) is 0 Å². The average Bonchev–Trinajstić information content (AvgIpc) is 3.05. The van der Waals surface area contributed by atoms with Crippen LogP contribution in [0.2, 0.25) is 5.02 Å². The summed E-state index contributed by atoms with van der Waals surface area (Å²) in [5.41, 5.74) is 0.578. The number of rotatable bonds is 4. The lowest BCUT2D eigenvalue weighted by atomic mass is 9.76. The third kappa shape index (κ3) is 3.29. The summed E-state index contributed by atoms with van der Waals surface area (Å²) in [4.78, 5) is 13.6. The van der Waals surface area contributed by atoms with Gasteiger partial charge in [0.05, 0.1) is 35.7 Å². The molecular formula is C21H24ClFN4O2S. The Balaban J connectivity index is 1.37. The van der Waals surface area contributed by atoms with Gasteiger partial charge in [0.25, 0.3) is 0 Å². The van der Waals surface area contributed by atoms with E-state index in [1.807, 2.05) is 21.9 Å². The highest BCUT2D eigenvalue weighted by atomic mass is 35.5. The molecule has 0 spiro atoms. The topological polar surface area (TPSA) is 69.6 Å². The molecule has 6 nitrogen and oxygen atoms in total. The Morgan fingerprint density at radius 3 is 2.70 bits per heavy atom. The van der Waals surface area contributed by atoms with Crippen molar-refractivity contribution in [1.82, 2.24) is 9.97 Å². The van der Waals surface area contributed by atoms with Gasteiger partial charge in [0.1, 0.15) is 16.9 Å². The maximum atomic E-state index is 15.1. The zero-order chi connectivity index (χ0) is 20.9. The third-order valence-corrected chi connectivity index (χ3v) is 8.27. The molecule has 2 unspecified atom stereocenters. The van der Waals surface area contributed by atoms with E-state index in [2.05, 4.69) is 4.98 Å². The number of fused-ring (bicyclic) bond motifs is 1. The molecule has 1 aromatic heterocycles. The van der Waals surface area contributed by atoms with Gasteiger partial charge in [0.2, 0.25) is 5.95 Å². The molecule has 2 fully saturated rings.